The van der Waals surface area contributed by atoms with Crippen molar-refractivity contribution >= 4 is 41.5 Å². The monoisotopic (exact) mass is 511 g/mol. The molecule has 0 bridgehead atoms. The minimum atomic E-state index is -4.01. The van der Waals surface area contributed by atoms with Crippen LogP contribution in [0.5, 0.6) is 5.75 Å². The third kappa shape index (κ3) is 5.84. The lowest BCUT2D eigenvalue weighted by Gasteiger charge is -2.26. The van der Waals surface area contributed by atoms with Gasteiger partial charge in [0.2, 0.25) is 0 Å². The van der Waals surface area contributed by atoms with Gasteiger partial charge in [0.25, 0.3) is 0 Å². The van der Waals surface area contributed by atoms with Crippen LogP contribution in [0.15, 0.2) is 60.9 Å². The Morgan fingerprint density at radius 1 is 1.08 bits per heavy atom. The molecule has 11 heteroatoms. The quantitative estimate of drug-likeness (QED) is 0.230. The Hall–Kier alpha value is -3.46. The van der Waals surface area contributed by atoms with Gasteiger partial charge in [-0.25, -0.2) is 14.5 Å². The summed E-state index contributed by atoms with van der Waals surface area (Å²) in [4.78, 5) is 21.2. The first-order valence-corrected chi connectivity index (χ1v) is 13.2. The second kappa shape index (κ2) is 10.7. The van der Waals surface area contributed by atoms with Gasteiger partial charge in [-0.05, 0) is 45.9 Å². The van der Waals surface area contributed by atoms with Gasteiger partial charge in [-0.15, -0.1) is 0 Å². The summed E-state index contributed by atoms with van der Waals surface area (Å²) < 4.78 is 32.7. The van der Waals surface area contributed by atoms with E-state index < -0.39 is 25.9 Å². The van der Waals surface area contributed by atoms with Crippen molar-refractivity contribution in [2.45, 2.75) is 52.5 Å². The number of carbonyl (C=O) groups is 1. The van der Waals surface area contributed by atoms with Crippen LogP contribution in [-0.2, 0) is 25.2 Å². The van der Waals surface area contributed by atoms with Crippen molar-refractivity contribution in [3.05, 3.63) is 60.9 Å². The predicted octanol–water partition coefficient (Wildman–Crippen LogP) is 4.69. The van der Waals surface area contributed by atoms with E-state index in [2.05, 4.69) is 15.1 Å². The molecular weight excluding hydrogens is 481 g/mol. The Morgan fingerprint density at radius 2 is 1.78 bits per heavy atom. The molecule has 190 valence electrons. The highest BCUT2D eigenvalue weighted by Crippen LogP contribution is 2.46. The molecule has 2 aromatic heterocycles. The molecule has 4 rings (SSSR count). The van der Waals surface area contributed by atoms with Crippen LogP contribution >= 0.6 is 7.75 Å². The van der Waals surface area contributed by atoms with Crippen LogP contribution < -0.4 is 15.3 Å². The average molecular weight is 512 g/mol. The lowest BCUT2D eigenvalue weighted by Crippen LogP contribution is -2.37. The normalized spacial score (nSPS) is 15.0. The number of nitrogens with zero attached hydrogens (tertiary/aromatic N) is 3. The van der Waals surface area contributed by atoms with E-state index in [1.165, 1.54) is 0 Å². The van der Waals surface area contributed by atoms with Gasteiger partial charge in [0.1, 0.15) is 17.3 Å². The number of carbonyl (C=O) groups excluding carboxylic acids is 1. The predicted molar refractivity (Wildman–Crippen MR) is 138 cm³/mol. The SMILES string of the molecule is CC(C)OC(=O)[C@H](C)N[P@@](=O)(Oc1ccccc1)O[C@H](C)Cn1cnc2c(N)nc3ccccc3c21. The first-order valence-electron chi connectivity index (χ1n) is 11.7. The van der Waals surface area contributed by atoms with Crippen LogP contribution in [0.4, 0.5) is 5.82 Å². The minimum absolute atomic E-state index is 0.290. The van der Waals surface area contributed by atoms with E-state index in [1.807, 2.05) is 34.9 Å². The zero-order valence-electron chi connectivity index (χ0n) is 20.6. The summed E-state index contributed by atoms with van der Waals surface area (Å²) in [5.74, 6) is 0.101. The van der Waals surface area contributed by atoms with Crippen molar-refractivity contribution in [1.82, 2.24) is 19.6 Å². The Kier molecular flexibility index (Phi) is 7.59. The molecule has 4 aromatic rings. The zero-order valence-corrected chi connectivity index (χ0v) is 21.5. The van der Waals surface area contributed by atoms with Crippen LogP contribution in [0.3, 0.4) is 0 Å². The van der Waals surface area contributed by atoms with Crippen LogP contribution in [0.25, 0.3) is 21.9 Å². The van der Waals surface area contributed by atoms with Crippen LogP contribution in [0.1, 0.15) is 27.7 Å². The number of hydrogen-bond donors (Lipinski definition) is 2. The number of benzene rings is 2. The fourth-order valence-electron chi connectivity index (χ4n) is 3.81. The Balaban J connectivity index is 1.60. The first-order chi connectivity index (χ1) is 17.1. The fourth-order valence-corrected chi connectivity index (χ4v) is 5.49. The number of fused-ring (bicyclic) bond motifs is 3. The number of hydrogen-bond acceptors (Lipinski definition) is 8. The summed E-state index contributed by atoms with van der Waals surface area (Å²) in [5.41, 5.74) is 8.26. The summed E-state index contributed by atoms with van der Waals surface area (Å²) in [6, 6.07) is 15.3. The zero-order chi connectivity index (χ0) is 25.9. The van der Waals surface area contributed by atoms with E-state index in [9.17, 15) is 9.36 Å². The molecule has 0 spiro atoms. The van der Waals surface area contributed by atoms with E-state index in [0.29, 0.717) is 23.6 Å². The number of pyridine rings is 1. The minimum Gasteiger partial charge on any atom is -0.462 e. The second-order valence-corrected chi connectivity index (χ2v) is 10.4. The largest absolute Gasteiger partial charge is 0.462 e. The molecule has 0 unspecified atom stereocenters. The molecule has 0 saturated heterocycles. The van der Waals surface area contributed by atoms with E-state index in [0.717, 1.165) is 16.4 Å². The number of nitrogen functional groups attached to an aromatic ring is 1. The first kappa shape index (κ1) is 25.6. The number of esters is 1. The summed E-state index contributed by atoms with van der Waals surface area (Å²) in [6.45, 7) is 7.08. The Labute approximate surface area is 209 Å². The molecule has 0 amide bonds. The van der Waals surface area contributed by atoms with E-state index in [-0.39, 0.29) is 6.10 Å². The Bertz CT molecular complexity index is 1410. The standard InChI is InChI=1S/C25H30N5O5P/c1-16(2)33-25(31)18(4)29-36(32,35-19-10-6-5-7-11-19)34-17(3)14-30-15-27-22-23(30)20-12-8-9-13-21(20)28-24(22)26/h5-13,15-18H,14H2,1-4H3,(H2,26,28)(H,29,32)/t17-,18+,36+/m1/s1. The number of para-hydroxylation sites is 2. The summed E-state index contributed by atoms with van der Waals surface area (Å²) in [6.07, 6.45) is 0.724. The van der Waals surface area contributed by atoms with Gasteiger partial charge in [0.05, 0.1) is 36.1 Å². The van der Waals surface area contributed by atoms with E-state index in [1.54, 1.807) is 58.3 Å². The molecule has 0 aliphatic carbocycles. The molecule has 3 atom stereocenters. The summed E-state index contributed by atoms with van der Waals surface area (Å²) in [5, 5.41) is 3.60. The maximum absolute atomic E-state index is 13.8. The number of imidazole rings is 1. The molecule has 0 saturated carbocycles. The van der Waals surface area contributed by atoms with Crippen molar-refractivity contribution in [1.29, 1.82) is 0 Å². The molecule has 3 N–H and O–H groups in total. The van der Waals surface area contributed by atoms with Gasteiger partial charge in [0, 0.05) is 5.39 Å². The van der Waals surface area contributed by atoms with Crippen LogP contribution in [0.2, 0.25) is 0 Å². The molecule has 0 fully saturated rings. The number of anilines is 1. The number of ether oxygens (including phenoxy) is 1. The van der Waals surface area contributed by atoms with Crippen LogP contribution in [0, 0.1) is 0 Å². The number of aromatic nitrogens is 3. The third-order valence-electron chi connectivity index (χ3n) is 5.28. The van der Waals surface area contributed by atoms with Gasteiger partial charge in [-0.1, -0.05) is 36.4 Å². The molecule has 0 aliphatic heterocycles. The van der Waals surface area contributed by atoms with Crippen molar-refractivity contribution in [2.75, 3.05) is 5.73 Å². The number of nitrogens with one attached hydrogen (secondary N) is 1. The van der Waals surface area contributed by atoms with Gasteiger partial charge >= 0.3 is 13.7 Å². The molecule has 2 heterocycles. The molecular formula is C25H30N5O5P. The lowest BCUT2D eigenvalue weighted by atomic mass is 10.2. The molecule has 0 radical (unpaired) electrons. The summed E-state index contributed by atoms with van der Waals surface area (Å²) in [7, 11) is -4.01. The summed E-state index contributed by atoms with van der Waals surface area (Å²) >= 11 is 0. The molecule has 36 heavy (non-hydrogen) atoms. The van der Waals surface area contributed by atoms with Crippen molar-refractivity contribution in [3.63, 3.8) is 0 Å². The number of nitrogens with two attached hydrogens (primary N) is 1. The highest BCUT2D eigenvalue weighted by atomic mass is 31.2. The van der Waals surface area contributed by atoms with Gasteiger partial charge in [0.15, 0.2) is 5.82 Å². The van der Waals surface area contributed by atoms with Gasteiger partial charge in [-0.2, -0.15) is 5.09 Å². The number of rotatable bonds is 10. The van der Waals surface area contributed by atoms with Crippen molar-refractivity contribution < 1.29 is 23.1 Å². The fraction of sp³-hybridized carbons (Fsp3) is 0.320. The average Bonchev–Trinajstić information content (AvgIpc) is 3.23. The van der Waals surface area contributed by atoms with Gasteiger partial charge in [-0.3, -0.25) is 9.32 Å². The maximum atomic E-state index is 13.8. The van der Waals surface area contributed by atoms with E-state index in [4.69, 9.17) is 19.5 Å². The highest BCUT2D eigenvalue weighted by molar-refractivity contribution is 7.52. The van der Waals surface area contributed by atoms with Crippen molar-refractivity contribution in [2.24, 2.45) is 0 Å². The molecule has 2 aromatic carbocycles. The van der Waals surface area contributed by atoms with Gasteiger partial charge < -0.3 is 19.6 Å². The van der Waals surface area contributed by atoms with E-state index >= 15 is 0 Å². The van der Waals surface area contributed by atoms with Crippen molar-refractivity contribution in [3.8, 4) is 5.75 Å². The smallest absolute Gasteiger partial charge is 0.459 e. The maximum Gasteiger partial charge on any atom is 0.459 e. The third-order valence-corrected chi connectivity index (χ3v) is 7.07. The highest BCUT2D eigenvalue weighted by Gasteiger charge is 2.34. The Morgan fingerprint density at radius 3 is 2.50 bits per heavy atom. The van der Waals surface area contributed by atoms with Crippen LogP contribution in [-0.4, -0.2) is 38.8 Å². The topological polar surface area (TPSA) is 131 Å². The molecule has 10 nitrogen and oxygen atoms in total. The molecule has 0 aliphatic rings. The lowest BCUT2D eigenvalue weighted by molar-refractivity contribution is -0.149. The second-order valence-electron chi connectivity index (χ2n) is 8.76.